The normalized spacial score (nSPS) is 19.4. The maximum Gasteiger partial charge on any atom is 0.254 e. The van der Waals surface area contributed by atoms with E-state index in [9.17, 15) is 14.7 Å². The third-order valence-corrected chi connectivity index (χ3v) is 3.77. The Morgan fingerprint density at radius 2 is 1.80 bits per heavy atom. The molecule has 3 N–H and O–H groups in total. The molecule has 0 aliphatic carbocycles. The molecule has 1 aliphatic heterocycles. The first-order valence-electron chi connectivity index (χ1n) is 6.95. The van der Waals surface area contributed by atoms with Crippen LogP contribution in [0.5, 0.6) is 0 Å². The number of carbonyl (C=O) groups is 2. The van der Waals surface area contributed by atoms with E-state index >= 15 is 0 Å². The molecule has 0 aromatic heterocycles. The number of hydrogen-bond acceptors (Lipinski definition) is 3. The van der Waals surface area contributed by atoms with Gasteiger partial charge in [0, 0.05) is 17.7 Å². The summed E-state index contributed by atoms with van der Waals surface area (Å²) >= 11 is 0. The lowest BCUT2D eigenvalue weighted by Crippen LogP contribution is -2.42. The van der Waals surface area contributed by atoms with Gasteiger partial charge in [-0.3, -0.25) is 9.59 Å². The molecule has 5 heteroatoms. The molecule has 108 valence electrons. The standard InChI is InChI=1S/C15H20N2O3/c16-14(19)11-5-7-12(8-6-11)15(20)17-9-3-1-2-4-13(17)10-18/h5-8,13,18H,1-4,9-10H2,(H2,16,19). The van der Waals surface area contributed by atoms with E-state index in [1.165, 1.54) is 0 Å². The van der Waals surface area contributed by atoms with Crippen LogP contribution < -0.4 is 5.73 Å². The van der Waals surface area contributed by atoms with Crippen molar-refractivity contribution in [3.63, 3.8) is 0 Å². The SMILES string of the molecule is NC(=O)c1ccc(C(=O)N2CCCCCC2CO)cc1. The highest BCUT2D eigenvalue weighted by molar-refractivity contribution is 5.97. The van der Waals surface area contributed by atoms with Crippen molar-refractivity contribution >= 4 is 11.8 Å². The summed E-state index contributed by atoms with van der Waals surface area (Å²) in [5, 5.41) is 9.44. The average molecular weight is 276 g/mol. The van der Waals surface area contributed by atoms with Crippen LogP contribution in [0.25, 0.3) is 0 Å². The van der Waals surface area contributed by atoms with Crippen molar-refractivity contribution in [2.45, 2.75) is 31.7 Å². The second kappa shape index (κ2) is 6.52. The highest BCUT2D eigenvalue weighted by Crippen LogP contribution is 2.19. The summed E-state index contributed by atoms with van der Waals surface area (Å²) in [5.41, 5.74) is 6.09. The van der Waals surface area contributed by atoms with Crippen molar-refractivity contribution in [3.05, 3.63) is 35.4 Å². The Labute approximate surface area is 118 Å². The molecule has 2 rings (SSSR count). The molecule has 1 unspecified atom stereocenters. The van der Waals surface area contributed by atoms with Gasteiger partial charge < -0.3 is 15.7 Å². The fraction of sp³-hybridized carbons (Fsp3) is 0.467. The Hall–Kier alpha value is -1.88. The van der Waals surface area contributed by atoms with E-state index in [1.54, 1.807) is 29.2 Å². The number of nitrogens with zero attached hydrogens (tertiary/aromatic N) is 1. The number of primary amides is 1. The zero-order valence-electron chi connectivity index (χ0n) is 11.4. The smallest absolute Gasteiger partial charge is 0.254 e. The summed E-state index contributed by atoms with van der Waals surface area (Å²) in [6, 6.07) is 6.23. The van der Waals surface area contributed by atoms with Gasteiger partial charge in [-0.1, -0.05) is 12.8 Å². The summed E-state index contributed by atoms with van der Waals surface area (Å²) in [6.45, 7) is 0.659. The van der Waals surface area contributed by atoms with Gasteiger partial charge >= 0.3 is 0 Å². The number of aliphatic hydroxyl groups excluding tert-OH is 1. The largest absolute Gasteiger partial charge is 0.394 e. The van der Waals surface area contributed by atoms with Gasteiger partial charge in [0.15, 0.2) is 0 Å². The van der Waals surface area contributed by atoms with E-state index in [4.69, 9.17) is 5.73 Å². The maximum absolute atomic E-state index is 12.5. The lowest BCUT2D eigenvalue weighted by atomic mass is 10.1. The molecular weight excluding hydrogens is 256 g/mol. The molecule has 1 aromatic rings. The van der Waals surface area contributed by atoms with Crippen LogP contribution in [0.4, 0.5) is 0 Å². The molecule has 1 saturated heterocycles. The van der Waals surface area contributed by atoms with Crippen LogP contribution in [0, 0.1) is 0 Å². The lowest BCUT2D eigenvalue weighted by Gasteiger charge is -2.28. The lowest BCUT2D eigenvalue weighted by molar-refractivity contribution is 0.0599. The number of carbonyl (C=O) groups excluding carboxylic acids is 2. The predicted octanol–water partition coefficient (Wildman–Crippen LogP) is 1.16. The van der Waals surface area contributed by atoms with Crippen molar-refractivity contribution in [3.8, 4) is 0 Å². The summed E-state index contributed by atoms with van der Waals surface area (Å²) < 4.78 is 0. The second-order valence-corrected chi connectivity index (χ2v) is 5.13. The quantitative estimate of drug-likeness (QED) is 0.869. The van der Waals surface area contributed by atoms with Crippen molar-refractivity contribution < 1.29 is 14.7 Å². The van der Waals surface area contributed by atoms with Gasteiger partial charge in [0.05, 0.1) is 12.6 Å². The van der Waals surface area contributed by atoms with E-state index in [0.29, 0.717) is 17.7 Å². The van der Waals surface area contributed by atoms with Gasteiger partial charge in [-0.15, -0.1) is 0 Å². The second-order valence-electron chi connectivity index (χ2n) is 5.13. The van der Waals surface area contributed by atoms with Gasteiger partial charge in [0.25, 0.3) is 5.91 Å². The van der Waals surface area contributed by atoms with Crippen LogP contribution in [-0.2, 0) is 0 Å². The Kier molecular flexibility index (Phi) is 4.74. The number of rotatable bonds is 3. The summed E-state index contributed by atoms with van der Waals surface area (Å²) in [7, 11) is 0. The fourth-order valence-corrected chi connectivity index (χ4v) is 2.58. The topological polar surface area (TPSA) is 83.6 Å². The first-order chi connectivity index (χ1) is 9.63. The molecule has 0 radical (unpaired) electrons. The molecule has 1 atom stereocenters. The van der Waals surface area contributed by atoms with Crippen LogP contribution in [-0.4, -0.2) is 41.0 Å². The minimum Gasteiger partial charge on any atom is -0.394 e. The number of hydrogen-bond donors (Lipinski definition) is 2. The highest BCUT2D eigenvalue weighted by atomic mass is 16.3. The minimum atomic E-state index is -0.507. The number of nitrogens with two attached hydrogens (primary N) is 1. The molecule has 2 amide bonds. The van der Waals surface area contributed by atoms with Gasteiger partial charge in [0.1, 0.15) is 0 Å². The molecular formula is C15H20N2O3. The van der Waals surface area contributed by atoms with Crippen LogP contribution in [0.15, 0.2) is 24.3 Å². The molecule has 1 aromatic carbocycles. The number of benzene rings is 1. The third kappa shape index (κ3) is 3.17. The predicted molar refractivity (Wildman–Crippen MR) is 75.3 cm³/mol. The van der Waals surface area contributed by atoms with Crippen molar-refractivity contribution in [2.24, 2.45) is 5.73 Å². The van der Waals surface area contributed by atoms with Crippen molar-refractivity contribution in [1.82, 2.24) is 4.90 Å². The van der Waals surface area contributed by atoms with Crippen LogP contribution >= 0.6 is 0 Å². The Balaban J connectivity index is 2.17. The van der Waals surface area contributed by atoms with E-state index < -0.39 is 5.91 Å². The zero-order chi connectivity index (χ0) is 14.5. The molecule has 20 heavy (non-hydrogen) atoms. The van der Waals surface area contributed by atoms with E-state index in [2.05, 4.69) is 0 Å². The molecule has 0 spiro atoms. The summed E-state index contributed by atoms with van der Waals surface area (Å²) in [6.07, 6.45) is 3.92. The Morgan fingerprint density at radius 3 is 2.40 bits per heavy atom. The van der Waals surface area contributed by atoms with Crippen LogP contribution in [0.1, 0.15) is 46.4 Å². The summed E-state index contributed by atoms with van der Waals surface area (Å²) in [5.74, 6) is -0.603. The molecule has 1 fully saturated rings. The minimum absolute atomic E-state index is 0.00882. The number of amides is 2. The molecule has 5 nitrogen and oxygen atoms in total. The maximum atomic E-state index is 12.5. The Bertz CT molecular complexity index is 484. The highest BCUT2D eigenvalue weighted by Gasteiger charge is 2.25. The summed E-state index contributed by atoms with van der Waals surface area (Å²) in [4.78, 5) is 25.3. The zero-order valence-corrected chi connectivity index (χ0v) is 11.4. The average Bonchev–Trinajstić information content (AvgIpc) is 2.71. The first kappa shape index (κ1) is 14.5. The fourth-order valence-electron chi connectivity index (χ4n) is 2.58. The molecule has 1 heterocycles. The molecule has 0 bridgehead atoms. The van der Waals surface area contributed by atoms with Crippen molar-refractivity contribution in [2.75, 3.05) is 13.2 Å². The van der Waals surface area contributed by atoms with E-state index in [0.717, 1.165) is 25.7 Å². The van der Waals surface area contributed by atoms with Crippen LogP contribution in [0.2, 0.25) is 0 Å². The van der Waals surface area contributed by atoms with Gasteiger partial charge in [-0.2, -0.15) is 0 Å². The van der Waals surface area contributed by atoms with E-state index in [1.807, 2.05) is 0 Å². The van der Waals surface area contributed by atoms with Gasteiger partial charge in [0.2, 0.25) is 5.91 Å². The monoisotopic (exact) mass is 276 g/mol. The van der Waals surface area contributed by atoms with Crippen LogP contribution in [0.3, 0.4) is 0 Å². The first-order valence-corrected chi connectivity index (χ1v) is 6.95. The van der Waals surface area contributed by atoms with Crippen molar-refractivity contribution in [1.29, 1.82) is 0 Å². The molecule has 1 aliphatic rings. The van der Waals surface area contributed by atoms with Gasteiger partial charge in [-0.05, 0) is 37.1 Å². The third-order valence-electron chi connectivity index (χ3n) is 3.77. The Morgan fingerprint density at radius 1 is 1.15 bits per heavy atom. The van der Waals surface area contributed by atoms with Gasteiger partial charge in [-0.25, -0.2) is 0 Å². The molecule has 0 saturated carbocycles. The number of aliphatic hydroxyl groups is 1. The van der Waals surface area contributed by atoms with E-state index in [-0.39, 0.29) is 18.6 Å². The number of likely N-dealkylation sites (tertiary alicyclic amines) is 1.